The van der Waals surface area contributed by atoms with E-state index in [0.29, 0.717) is 5.95 Å². The van der Waals surface area contributed by atoms with Crippen molar-refractivity contribution < 1.29 is 13.5 Å². The summed E-state index contributed by atoms with van der Waals surface area (Å²) in [6.07, 6.45) is 3.46. The van der Waals surface area contributed by atoms with E-state index in [2.05, 4.69) is 15.3 Å². The Morgan fingerprint density at radius 1 is 1.35 bits per heavy atom. The second-order valence-corrected chi connectivity index (χ2v) is 7.08. The molecule has 0 unspecified atom stereocenters. The first-order valence-corrected chi connectivity index (χ1v) is 7.85. The van der Waals surface area contributed by atoms with Gasteiger partial charge in [0, 0.05) is 13.6 Å². The molecule has 0 aliphatic heterocycles. The Bertz CT molecular complexity index is 528. The maximum atomic E-state index is 12.4. The summed E-state index contributed by atoms with van der Waals surface area (Å²) in [6, 6.07) is 0. The molecule has 1 aromatic rings. The van der Waals surface area contributed by atoms with Crippen molar-refractivity contribution >= 4 is 16.0 Å². The highest BCUT2D eigenvalue weighted by Crippen LogP contribution is 2.21. The highest BCUT2D eigenvalue weighted by Gasteiger charge is 2.33. The van der Waals surface area contributed by atoms with E-state index in [4.69, 9.17) is 0 Å². The van der Waals surface area contributed by atoms with Gasteiger partial charge >= 0.3 is 0 Å². The largest absolute Gasteiger partial charge is 0.394 e. The molecule has 0 saturated heterocycles. The third-order valence-electron chi connectivity index (χ3n) is 3.06. The normalized spacial score (nSPS) is 12.7. The molecule has 8 heteroatoms. The Kier molecular flexibility index (Phi) is 5.43. The number of aliphatic hydroxyl groups is 1. The van der Waals surface area contributed by atoms with Crippen molar-refractivity contribution in [3.8, 4) is 0 Å². The fourth-order valence-corrected chi connectivity index (χ4v) is 2.76. The van der Waals surface area contributed by atoms with Gasteiger partial charge in [-0.25, -0.2) is 18.4 Å². The van der Waals surface area contributed by atoms with E-state index < -0.39 is 15.6 Å². The standard InChI is InChI=1S/C12H22N4O3S/c1-5-6-13-11-14-7-10(8-15-11)20(18,19)16(4)12(2,3)9-17/h7-8,17H,5-6,9H2,1-4H3,(H,13,14,15). The molecule has 2 N–H and O–H groups in total. The lowest BCUT2D eigenvalue weighted by atomic mass is 10.1. The van der Waals surface area contributed by atoms with Gasteiger partial charge in [-0.15, -0.1) is 0 Å². The molecule has 0 aromatic carbocycles. The average molecular weight is 302 g/mol. The van der Waals surface area contributed by atoms with Crippen LogP contribution in [0.4, 0.5) is 5.95 Å². The molecule has 0 bridgehead atoms. The van der Waals surface area contributed by atoms with Crippen LogP contribution in [0.1, 0.15) is 27.2 Å². The van der Waals surface area contributed by atoms with Crippen molar-refractivity contribution in [2.45, 2.75) is 37.6 Å². The molecule has 1 aromatic heterocycles. The van der Waals surface area contributed by atoms with Gasteiger partial charge in [0.15, 0.2) is 0 Å². The van der Waals surface area contributed by atoms with Crippen LogP contribution in [0.25, 0.3) is 0 Å². The number of hydrogen-bond donors (Lipinski definition) is 2. The van der Waals surface area contributed by atoms with Crippen molar-refractivity contribution in [2.75, 3.05) is 25.5 Å². The number of nitrogens with one attached hydrogen (secondary N) is 1. The highest BCUT2D eigenvalue weighted by atomic mass is 32.2. The Balaban J connectivity index is 2.99. The van der Waals surface area contributed by atoms with Gasteiger partial charge in [-0.3, -0.25) is 0 Å². The van der Waals surface area contributed by atoms with Gasteiger partial charge < -0.3 is 10.4 Å². The number of nitrogens with zero attached hydrogens (tertiary/aromatic N) is 3. The predicted octanol–water partition coefficient (Wildman–Crippen LogP) is 0.690. The number of sulfonamides is 1. The van der Waals surface area contributed by atoms with Crippen molar-refractivity contribution in [2.24, 2.45) is 0 Å². The van der Waals surface area contributed by atoms with Crippen molar-refractivity contribution in [3.05, 3.63) is 12.4 Å². The molecule has 20 heavy (non-hydrogen) atoms. The average Bonchev–Trinajstić information content (AvgIpc) is 2.44. The maximum absolute atomic E-state index is 12.4. The molecule has 1 rings (SSSR count). The van der Waals surface area contributed by atoms with Crippen LogP contribution in [0.15, 0.2) is 17.3 Å². The summed E-state index contributed by atoms with van der Waals surface area (Å²) < 4.78 is 25.9. The molecular weight excluding hydrogens is 280 g/mol. The van der Waals surface area contributed by atoms with Gasteiger partial charge in [-0.1, -0.05) is 6.92 Å². The summed E-state index contributed by atoms with van der Waals surface area (Å²) in [5.41, 5.74) is -0.891. The van der Waals surface area contributed by atoms with Gasteiger partial charge in [0.25, 0.3) is 0 Å². The summed E-state index contributed by atoms with van der Waals surface area (Å²) in [7, 11) is -2.30. The van der Waals surface area contributed by atoms with Crippen molar-refractivity contribution in [1.82, 2.24) is 14.3 Å². The first-order chi connectivity index (χ1) is 9.25. The van der Waals surface area contributed by atoms with Crippen LogP contribution in [0, 0.1) is 0 Å². The number of aromatic nitrogens is 2. The molecule has 0 spiro atoms. The molecule has 0 aliphatic carbocycles. The summed E-state index contributed by atoms with van der Waals surface area (Å²) >= 11 is 0. The predicted molar refractivity (Wildman–Crippen MR) is 76.9 cm³/mol. The van der Waals surface area contributed by atoms with Crippen LogP contribution in [0.5, 0.6) is 0 Å². The first kappa shape index (κ1) is 16.8. The summed E-state index contributed by atoms with van der Waals surface area (Å²) in [5.74, 6) is 0.398. The molecule has 0 fully saturated rings. The topological polar surface area (TPSA) is 95.4 Å². The van der Waals surface area contributed by atoms with Crippen LogP contribution >= 0.6 is 0 Å². The first-order valence-electron chi connectivity index (χ1n) is 6.41. The van der Waals surface area contributed by atoms with Crippen LogP contribution in [-0.4, -0.2) is 53.5 Å². The number of likely N-dealkylation sites (N-methyl/N-ethyl adjacent to an activating group) is 1. The van der Waals surface area contributed by atoms with E-state index in [1.807, 2.05) is 6.92 Å². The van der Waals surface area contributed by atoms with E-state index in [1.54, 1.807) is 13.8 Å². The lowest BCUT2D eigenvalue weighted by Crippen LogP contribution is -2.47. The Hall–Kier alpha value is -1.25. The summed E-state index contributed by atoms with van der Waals surface area (Å²) in [6.45, 7) is 5.74. The number of anilines is 1. The van der Waals surface area contributed by atoms with E-state index in [1.165, 1.54) is 19.4 Å². The van der Waals surface area contributed by atoms with E-state index >= 15 is 0 Å². The molecule has 7 nitrogen and oxygen atoms in total. The maximum Gasteiger partial charge on any atom is 0.246 e. The van der Waals surface area contributed by atoms with Crippen molar-refractivity contribution in [3.63, 3.8) is 0 Å². The lowest BCUT2D eigenvalue weighted by molar-refractivity contribution is 0.138. The van der Waals surface area contributed by atoms with Gasteiger partial charge in [-0.2, -0.15) is 4.31 Å². The van der Waals surface area contributed by atoms with Gasteiger partial charge in [0.05, 0.1) is 24.5 Å². The molecular formula is C12H22N4O3S. The van der Waals surface area contributed by atoms with Crippen LogP contribution in [0.2, 0.25) is 0 Å². The minimum absolute atomic E-state index is 0.00331. The zero-order valence-corrected chi connectivity index (χ0v) is 13.1. The third kappa shape index (κ3) is 3.65. The monoisotopic (exact) mass is 302 g/mol. The zero-order valence-electron chi connectivity index (χ0n) is 12.3. The molecule has 0 atom stereocenters. The SMILES string of the molecule is CCCNc1ncc(S(=O)(=O)N(C)C(C)(C)CO)cn1. The van der Waals surface area contributed by atoms with Crippen LogP contribution in [0.3, 0.4) is 0 Å². The molecule has 0 radical (unpaired) electrons. The quantitative estimate of drug-likeness (QED) is 0.769. The summed E-state index contributed by atoms with van der Waals surface area (Å²) in [5, 5.41) is 12.2. The molecule has 0 aliphatic rings. The Morgan fingerprint density at radius 3 is 2.35 bits per heavy atom. The van der Waals surface area contributed by atoms with Crippen LogP contribution in [-0.2, 0) is 10.0 Å². The van der Waals surface area contributed by atoms with E-state index in [-0.39, 0.29) is 11.5 Å². The smallest absolute Gasteiger partial charge is 0.246 e. The van der Waals surface area contributed by atoms with Crippen molar-refractivity contribution in [1.29, 1.82) is 0 Å². The lowest BCUT2D eigenvalue weighted by Gasteiger charge is -2.32. The fourth-order valence-electron chi connectivity index (χ4n) is 1.36. The zero-order chi connectivity index (χ0) is 15.4. The highest BCUT2D eigenvalue weighted by molar-refractivity contribution is 7.89. The molecule has 1 heterocycles. The second kappa shape index (κ2) is 6.47. The minimum Gasteiger partial charge on any atom is -0.394 e. The van der Waals surface area contributed by atoms with Crippen LogP contribution < -0.4 is 5.32 Å². The number of rotatable bonds is 7. The summed E-state index contributed by atoms with van der Waals surface area (Å²) in [4.78, 5) is 7.97. The Morgan fingerprint density at radius 2 is 1.90 bits per heavy atom. The molecule has 0 amide bonds. The number of aliphatic hydroxyl groups excluding tert-OH is 1. The van der Waals surface area contributed by atoms with Gasteiger partial charge in [0.2, 0.25) is 16.0 Å². The number of hydrogen-bond acceptors (Lipinski definition) is 6. The molecule has 114 valence electrons. The van der Waals surface area contributed by atoms with E-state index in [0.717, 1.165) is 17.3 Å². The molecule has 0 saturated carbocycles. The van der Waals surface area contributed by atoms with E-state index in [9.17, 15) is 13.5 Å². The fraction of sp³-hybridized carbons (Fsp3) is 0.667. The van der Waals surface area contributed by atoms with Gasteiger partial charge in [-0.05, 0) is 20.3 Å². The minimum atomic E-state index is -3.73. The second-order valence-electron chi connectivity index (χ2n) is 5.11. The van der Waals surface area contributed by atoms with Gasteiger partial charge in [0.1, 0.15) is 4.90 Å². The Labute approximate surface area is 120 Å². The third-order valence-corrected chi connectivity index (χ3v) is 5.08.